The van der Waals surface area contributed by atoms with Crippen molar-refractivity contribution in [3.05, 3.63) is 42.2 Å². The molecule has 5 heteroatoms. The van der Waals surface area contributed by atoms with Gasteiger partial charge < -0.3 is 15.2 Å². The minimum atomic E-state index is -0.153. The van der Waals surface area contributed by atoms with Gasteiger partial charge in [-0.2, -0.15) is 9.97 Å². The molecule has 1 unspecified atom stereocenters. The Balaban J connectivity index is 2.17. The molecule has 0 saturated carbocycles. The third-order valence-electron chi connectivity index (χ3n) is 2.72. The van der Waals surface area contributed by atoms with E-state index in [-0.39, 0.29) is 12.2 Å². The van der Waals surface area contributed by atoms with Crippen molar-refractivity contribution in [1.29, 1.82) is 0 Å². The third kappa shape index (κ3) is 3.38. The predicted octanol–water partition coefficient (Wildman–Crippen LogP) is 2.99. The molecule has 2 N–H and O–H groups in total. The van der Waals surface area contributed by atoms with Crippen LogP contribution >= 0.6 is 0 Å². The third-order valence-corrected chi connectivity index (χ3v) is 2.72. The molecule has 1 aromatic carbocycles. The zero-order chi connectivity index (χ0) is 14.5. The van der Waals surface area contributed by atoms with Gasteiger partial charge in [-0.1, -0.05) is 30.3 Å². The first-order valence-electron chi connectivity index (χ1n) is 6.56. The number of hydrogen-bond acceptors (Lipinski definition) is 5. The van der Waals surface area contributed by atoms with Crippen LogP contribution in [0, 0.1) is 0 Å². The highest BCUT2D eigenvalue weighted by atomic mass is 16.5. The monoisotopic (exact) mass is 273 g/mol. The molecule has 0 spiro atoms. The van der Waals surface area contributed by atoms with Crippen LogP contribution in [0.5, 0.6) is 11.8 Å². The topological polar surface area (TPSA) is 70.3 Å². The van der Waals surface area contributed by atoms with E-state index in [1.165, 1.54) is 6.33 Å². The highest BCUT2D eigenvalue weighted by Crippen LogP contribution is 2.30. The van der Waals surface area contributed by atoms with Crippen LogP contribution in [-0.2, 0) is 0 Å². The number of benzene rings is 1. The summed E-state index contributed by atoms with van der Waals surface area (Å²) in [6, 6.07) is 9.88. The summed E-state index contributed by atoms with van der Waals surface area (Å²) in [6.45, 7) is 5.77. The van der Waals surface area contributed by atoms with Gasteiger partial charge in [0.05, 0.1) is 6.10 Å². The fourth-order valence-electron chi connectivity index (χ4n) is 1.73. The number of rotatable bonds is 5. The van der Waals surface area contributed by atoms with Gasteiger partial charge in [-0.3, -0.25) is 0 Å². The van der Waals surface area contributed by atoms with Gasteiger partial charge in [-0.05, 0) is 26.3 Å². The smallest absolute Gasteiger partial charge is 0.244 e. The number of hydrogen-bond donors (Lipinski definition) is 1. The average molecular weight is 273 g/mol. The maximum absolute atomic E-state index is 5.98. The van der Waals surface area contributed by atoms with Crippen LogP contribution in [0.4, 0.5) is 5.69 Å². The van der Waals surface area contributed by atoms with Crippen molar-refractivity contribution in [3.8, 4) is 11.8 Å². The molecule has 20 heavy (non-hydrogen) atoms. The Morgan fingerprint density at radius 3 is 2.15 bits per heavy atom. The molecule has 0 saturated heterocycles. The Labute approximate surface area is 118 Å². The number of nitrogens with zero attached hydrogens (tertiary/aromatic N) is 2. The van der Waals surface area contributed by atoms with Gasteiger partial charge in [0, 0.05) is 0 Å². The van der Waals surface area contributed by atoms with E-state index in [0.717, 1.165) is 5.56 Å². The van der Waals surface area contributed by atoms with Gasteiger partial charge >= 0.3 is 0 Å². The van der Waals surface area contributed by atoms with Gasteiger partial charge in [-0.15, -0.1) is 0 Å². The number of aromatic nitrogens is 2. The minimum absolute atomic E-state index is 0.00778. The largest absolute Gasteiger partial charge is 0.473 e. The van der Waals surface area contributed by atoms with Gasteiger partial charge in [0.1, 0.15) is 12.4 Å². The van der Waals surface area contributed by atoms with Gasteiger partial charge in [0.2, 0.25) is 11.8 Å². The van der Waals surface area contributed by atoms with E-state index in [2.05, 4.69) is 9.97 Å². The molecule has 2 rings (SSSR count). The van der Waals surface area contributed by atoms with Gasteiger partial charge in [0.25, 0.3) is 0 Å². The summed E-state index contributed by atoms with van der Waals surface area (Å²) in [7, 11) is 0. The van der Waals surface area contributed by atoms with Gasteiger partial charge in [0.15, 0.2) is 5.69 Å². The summed E-state index contributed by atoms with van der Waals surface area (Å²) in [5.74, 6) is 0.692. The molecule has 0 aliphatic carbocycles. The summed E-state index contributed by atoms with van der Waals surface area (Å²) in [5.41, 5.74) is 7.36. The van der Waals surface area contributed by atoms with E-state index in [0.29, 0.717) is 17.4 Å². The maximum atomic E-state index is 5.98. The standard InChI is InChI=1S/C15H19N3O2/c1-10(2)19-14-13(16)15(18-9-17-14)20-11(3)12-7-5-4-6-8-12/h4-11H,16H2,1-3H3. The Morgan fingerprint density at radius 1 is 0.950 bits per heavy atom. The summed E-state index contributed by atoms with van der Waals surface area (Å²) >= 11 is 0. The Morgan fingerprint density at radius 2 is 1.55 bits per heavy atom. The van der Waals surface area contributed by atoms with E-state index in [1.807, 2.05) is 51.1 Å². The molecule has 2 aromatic rings. The van der Waals surface area contributed by atoms with Crippen molar-refractivity contribution in [2.45, 2.75) is 33.0 Å². The lowest BCUT2D eigenvalue weighted by Crippen LogP contribution is -2.12. The normalized spacial score (nSPS) is 12.2. The first-order valence-corrected chi connectivity index (χ1v) is 6.56. The second kappa shape index (κ2) is 6.23. The molecule has 0 fully saturated rings. The number of ether oxygens (including phenoxy) is 2. The van der Waals surface area contributed by atoms with E-state index in [4.69, 9.17) is 15.2 Å². The lowest BCUT2D eigenvalue weighted by molar-refractivity contribution is 0.210. The molecule has 1 aromatic heterocycles. The first-order chi connectivity index (χ1) is 9.58. The summed E-state index contributed by atoms with van der Waals surface area (Å²) in [6.07, 6.45) is 1.23. The Bertz CT molecular complexity index is 558. The second-order valence-corrected chi connectivity index (χ2v) is 4.74. The van der Waals surface area contributed by atoms with E-state index < -0.39 is 0 Å². The van der Waals surface area contributed by atoms with E-state index >= 15 is 0 Å². The highest BCUT2D eigenvalue weighted by Gasteiger charge is 2.15. The number of nitrogens with two attached hydrogens (primary N) is 1. The van der Waals surface area contributed by atoms with Crippen LogP contribution < -0.4 is 15.2 Å². The van der Waals surface area contributed by atoms with Crippen molar-refractivity contribution < 1.29 is 9.47 Å². The first kappa shape index (κ1) is 14.1. The number of nitrogen functional groups attached to an aromatic ring is 1. The summed E-state index contributed by atoms with van der Waals surface area (Å²) in [5, 5.41) is 0. The second-order valence-electron chi connectivity index (χ2n) is 4.74. The molecule has 0 bridgehead atoms. The number of anilines is 1. The van der Waals surface area contributed by atoms with Crippen LogP contribution in [0.1, 0.15) is 32.4 Å². The Kier molecular flexibility index (Phi) is 4.40. The maximum Gasteiger partial charge on any atom is 0.244 e. The van der Waals surface area contributed by atoms with E-state index in [1.54, 1.807) is 0 Å². The molecule has 5 nitrogen and oxygen atoms in total. The lowest BCUT2D eigenvalue weighted by atomic mass is 10.1. The van der Waals surface area contributed by atoms with Crippen LogP contribution in [0.15, 0.2) is 36.7 Å². The SMILES string of the molecule is CC(C)Oc1ncnc(OC(C)c2ccccc2)c1N. The molecule has 0 radical (unpaired) electrons. The van der Waals surface area contributed by atoms with Crippen molar-refractivity contribution in [2.75, 3.05) is 5.73 Å². The van der Waals surface area contributed by atoms with Gasteiger partial charge in [-0.25, -0.2) is 0 Å². The average Bonchev–Trinajstić information content (AvgIpc) is 2.43. The molecule has 0 aliphatic heterocycles. The lowest BCUT2D eigenvalue weighted by Gasteiger charge is -2.17. The molecular weight excluding hydrogens is 254 g/mol. The fourth-order valence-corrected chi connectivity index (χ4v) is 1.73. The molecular formula is C15H19N3O2. The molecule has 0 amide bonds. The molecule has 0 aliphatic rings. The van der Waals surface area contributed by atoms with Crippen molar-refractivity contribution in [2.24, 2.45) is 0 Å². The fraction of sp³-hybridized carbons (Fsp3) is 0.333. The van der Waals surface area contributed by atoms with Crippen LogP contribution in [0.3, 0.4) is 0 Å². The molecule has 1 atom stereocenters. The van der Waals surface area contributed by atoms with Crippen LogP contribution in [-0.4, -0.2) is 16.1 Å². The zero-order valence-electron chi connectivity index (χ0n) is 11.9. The van der Waals surface area contributed by atoms with Crippen molar-refractivity contribution in [3.63, 3.8) is 0 Å². The zero-order valence-corrected chi connectivity index (χ0v) is 11.9. The van der Waals surface area contributed by atoms with E-state index in [9.17, 15) is 0 Å². The summed E-state index contributed by atoms with van der Waals surface area (Å²) in [4.78, 5) is 8.09. The van der Waals surface area contributed by atoms with Crippen LogP contribution in [0.25, 0.3) is 0 Å². The minimum Gasteiger partial charge on any atom is -0.473 e. The highest BCUT2D eigenvalue weighted by molar-refractivity contribution is 5.55. The Hall–Kier alpha value is -2.30. The van der Waals surface area contributed by atoms with Crippen molar-refractivity contribution in [1.82, 2.24) is 9.97 Å². The quantitative estimate of drug-likeness (QED) is 0.906. The van der Waals surface area contributed by atoms with Crippen LogP contribution in [0.2, 0.25) is 0 Å². The predicted molar refractivity (Wildman–Crippen MR) is 77.7 cm³/mol. The summed E-state index contributed by atoms with van der Waals surface area (Å²) < 4.78 is 11.3. The molecule has 106 valence electrons. The molecule has 1 heterocycles. The van der Waals surface area contributed by atoms with Crippen molar-refractivity contribution >= 4 is 5.69 Å².